The topological polar surface area (TPSA) is 23.6 Å². The van der Waals surface area contributed by atoms with E-state index in [2.05, 4.69) is 0 Å². The molecule has 0 spiro atoms. The maximum Gasteiger partial charge on any atom is 0.244 e. The molecule has 3 nitrogen and oxygen atoms in total. The number of hydrogen-bond donors (Lipinski definition) is 0. The average Bonchev–Trinajstić information content (AvgIpc) is 2.89. The SMILES string of the molecule is CC(F)C[C@]1(C)CN2CC[C@@H](c3cccc(F)c3)N2C1=O. The summed E-state index contributed by atoms with van der Waals surface area (Å²) < 4.78 is 26.8. The molecule has 0 radical (unpaired) electrons. The van der Waals surface area contributed by atoms with E-state index in [9.17, 15) is 13.6 Å². The Morgan fingerprint density at radius 3 is 2.90 bits per heavy atom. The average molecular weight is 294 g/mol. The molecule has 0 bridgehead atoms. The van der Waals surface area contributed by atoms with Crippen LogP contribution in [0.5, 0.6) is 0 Å². The largest absolute Gasteiger partial charge is 0.273 e. The summed E-state index contributed by atoms with van der Waals surface area (Å²) in [5.74, 6) is -0.337. The van der Waals surface area contributed by atoms with E-state index in [0.29, 0.717) is 6.54 Å². The fraction of sp³-hybridized carbons (Fsp3) is 0.562. The number of carbonyl (C=O) groups is 1. The summed E-state index contributed by atoms with van der Waals surface area (Å²) in [4.78, 5) is 12.7. The van der Waals surface area contributed by atoms with Crippen LogP contribution in [0.2, 0.25) is 0 Å². The molecule has 0 saturated carbocycles. The lowest BCUT2D eigenvalue weighted by Gasteiger charge is -2.27. The van der Waals surface area contributed by atoms with E-state index >= 15 is 0 Å². The number of amides is 1. The lowest BCUT2D eigenvalue weighted by Crippen LogP contribution is -2.36. The number of halogens is 2. The molecule has 5 heteroatoms. The minimum absolute atomic E-state index is 0.0428. The van der Waals surface area contributed by atoms with Crippen molar-refractivity contribution in [3.8, 4) is 0 Å². The van der Waals surface area contributed by atoms with Gasteiger partial charge in [-0.25, -0.2) is 13.8 Å². The van der Waals surface area contributed by atoms with Crippen LogP contribution in [0.1, 0.15) is 38.3 Å². The number of nitrogens with zero attached hydrogens (tertiary/aromatic N) is 2. The van der Waals surface area contributed by atoms with Gasteiger partial charge < -0.3 is 0 Å². The number of benzene rings is 1. The molecule has 1 aromatic rings. The molecule has 0 aliphatic carbocycles. The van der Waals surface area contributed by atoms with Crippen LogP contribution in [-0.2, 0) is 4.79 Å². The molecule has 1 amide bonds. The molecule has 1 aromatic carbocycles. The minimum atomic E-state index is -1.01. The molecule has 3 atom stereocenters. The van der Waals surface area contributed by atoms with Crippen LogP contribution in [0, 0.1) is 11.2 Å². The Morgan fingerprint density at radius 1 is 1.48 bits per heavy atom. The Bertz CT molecular complexity index is 563. The lowest BCUT2D eigenvalue weighted by atomic mass is 9.84. The van der Waals surface area contributed by atoms with Gasteiger partial charge in [0.25, 0.3) is 0 Å². The second kappa shape index (κ2) is 5.05. The van der Waals surface area contributed by atoms with Gasteiger partial charge in [-0.1, -0.05) is 12.1 Å². The first-order valence-corrected chi connectivity index (χ1v) is 7.39. The Balaban J connectivity index is 1.87. The van der Waals surface area contributed by atoms with Crippen LogP contribution in [0.15, 0.2) is 24.3 Å². The van der Waals surface area contributed by atoms with Crippen molar-refractivity contribution in [2.45, 2.75) is 38.9 Å². The highest BCUT2D eigenvalue weighted by Gasteiger charge is 2.53. The first-order chi connectivity index (χ1) is 9.90. The van der Waals surface area contributed by atoms with Crippen LogP contribution in [-0.4, -0.2) is 35.2 Å². The summed E-state index contributed by atoms with van der Waals surface area (Å²) in [7, 11) is 0. The van der Waals surface area contributed by atoms with Crippen molar-refractivity contribution in [1.82, 2.24) is 10.0 Å². The molecule has 0 aromatic heterocycles. The first kappa shape index (κ1) is 14.4. The third kappa shape index (κ3) is 2.44. The Morgan fingerprint density at radius 2 is 2.24 bits per heavy atom. The minimum Gasteiger partial charge on any atom is -0.273 e. The normalized spacial score (nSPS) is 30.8. The number of hydrazine groups is 1. The molecule has 2 heterocycles. The van der Waals surface area contributed by atoms with Crippen LogP contribution < -0.4 is 0 Å². The van der Waals surface area contributed by atoms with E-state index in [0.717, 1.165) is 18.5 Å². The van der Waals surface area contributed by atoms with Crippen molar-refractivity contribution in [2.24, 2.45) is 5.41 Å². The summed E-state index contributed by atoms with van der Waals surface area (Å²) in [6.45, 7) is 4.61. The van der Waals surface area contributed by atoms with E-state index in [-0.39, 0.29) is 24.2 Å². The highest BCUT2D eigenvalue weighted by molar-refractivity contribution is 5.85. The van der Waals surface area contributed by atoms with E-state index in [1.165, 1.54) is 19.1 Å². The molecule has 2 aliphatic rings. The summed E-state index contributed by atoms with van der Waals surface area (Å²) in [6, 6.07) is 6.26. The first-order valence-electron chi connectivity index (χ1n) is 7.39. The molecule has 114 valence electrons. The number of rotatable bonds is 3. The zero-order valence-electron chi connectivity index (χ0n) is 12.4. The molecule has 3 rings (SSSR count). The third-order valence-corrected chi connectivity index (χ3v) is 4.48. The van der Waals surface area contributed by atoms with Crippen LogP contribution in [0.4, 0.5) is 8.78 Å². The quantitative estimate of drug-likeness (QED) is 0.855. The molecular formula is C16H20F2N2O. The fourth-order valence-electron chi connectivity index (χ4n) is 3.67. The Hall–Kier alpha value is -1.49. The number of carbonyl (C=O) groups excluding carboxylic acids is 1. The van der Waals surface area contributed by atoms with Gasteiger partial charge in [-0.15, -0.1) is 0 Å². The zero-order chi connectivity index (χ0) is 15.2. The van der Waals surface area contributed by atoms with Gasteiger partial charge in [-0.05, 0) is 44.4 Å². The van der Waals surface area contributed by atoms with Crippen LogP contribution in [0.3, 0.4) is 0 Å². The van der Waals surface area contributed by atoms with E-state index < -0.39 is 11.6 Å². The van der Waals surface area contributed by atoms with E-state index in [4.69, 9.17) is 0 Å². The van der Waals surface area contributed by atoms with E-state index in [1.54, 1.807) is 11.1 Å². The third-order valence-electron chi connectivity index (χ3n) is 4.48. The zero-order valence-corrected chi connectivity index (χ0v) is 12.4. The predicted molar refractivity (Wildman–Crippen MR) is 75.5 cm³/mol. The van der Waals surface area contributed by atoms with Gasteiger partial charge in [-0.3, -0.25) is 9.80 Å². The van der Waals surface area contributed by atoms with Crippen molar-refractivity contribution in [3.05, 3.63) is 35.6 Å². The summed E-state index contributed by atoms with van der Waals surface area (Å²) in [5, 5.41) is 3.71. The molecule has 2 aliphatic heterocycles. The van der Waals surface area contributed by atoms with Crippen molar-refractivity contribution in [3.63, 3.8) is 0 Å². The summed E-state index contributed by atoms with van der Waals surface area (Å²) in [6.07, 6.45) is 0.0123. The van der Waals surface area contributed by atoms with Crippen molar-refractivity contribution in [2.75, 3.05) is 13.1 Å². The number of fused-ring (bicyclic) bond motifs is 1. The van der Waals surface area contributed by atoms with Crippen LogP contribution in [0.25, 0.3) is 0 Å². The monoisotopic (exact) mass is 294 g/mol. The second-order valence-corrected chi connectivity index (χ2v) is 6.44. The molecule has 0 N–H and O–H groups in total. The van der Waals surface area contributed by atoms with Gasteiger partial charge in [0.1, 0.15) is 5.82 Å². The Kier molecular flexibility index (Phi) is 3.48. The maximum atomic E-state index is 13.4. The molecule has 21 heavy (non-hydrogen) atoms. The van der Waals surface area contributed by atoms with Gasteiger partial charge in [0.05, 0.1) is 17.6 Å². The van der Waals surface area contributed by atoms with Gasteiger partial charge >= 0.3 is 0 Å². The maximum absolute atomic E-state index is 13.4. The van der Waals surface area contributed by atoms with Crippen molar-refractivity contribution in [1.29, 1.82) is 0 Å². The molecule has 2 saturated heterocycles. The van der Waals surface area contributed by atoms with E-state index in [1.807, 2.05) is 18.0 Å². The van der Waals surface area contributed by atoms with Gasteiger partial charge in [-0.2, -0.15) is 0 Å². The van der Waals surface area contributed by atoms with Gasteiger partial charge in [0.2, 0.25) is 5.91 Å². The van der Waals surface area contributed by atoms with Gasteiger partial charge in [0.15, 0.2) is 0 Å². The smallest absolute Gasteiger partial charge is 0.244 e. The number of alkyl halides is 1. The molecule has 1 unspecified atom stereocenters. The number of hydrogen-bond acceptors (Lipinski definition) is 2. The highest BCUT2D eigenvalue weighted by atomic mass is 19.1. The predicted octanol–water partition coefficient (Wildman–Crippen LogP) is 3.08. The van der Waals surface area contributed by atoms with Crippen molar-refractivity contribution < 1.29 is 13.6 Å². The standard InChI is InChI=1S/C16H20F2N2O/c1-11(17)9-16(2)10-19-7-6-14(20(19)15(16)21)12-4-3-5-13(18)8-12/h3-5,8,11,14H,6-7,9-10H2,1-2H3/t11?,14-,16+/m0/s1. The fourth-order valence-corrected chi connectivity index (χ4v) is 3.67. The van der Waals surface area contributed by atoms with Crippen LogP contribution >= 0.6 is 0 Å². The molecule has 2 fully saturated rings. The van der Waals surface area contributed by atoms with Crippen molar-refractivity contribution >= 4 is 5.91 Å². The summed E-state index contributed by atoms with van der Waals surface area (Å²) >= 11 is 0. The molecular weight excluding hydrogens is 274 g/mol. The highest BCUT2D eigenvalue weighted by Crippen LogP contribution is 2.44. The Labute approximate surface area is 123 Å². The lowest BCUT2D eigenvalue weighted by molar-refractivity contribution is -0.143. The summed E-state index contributed by atoms with van der Waals surface area (Å²) in [5.41, 5.74) is 0.128. The van der Waals surface area contributed by atoms with Gasteiger partial charge in [0, 0.05) is 13.1 Å². The second-order valence-electron chi connectivity index (χ2n) is 6.44.